The number of amides is 1. The van der Waals surface area contributed by atoms with Crippen molar-refractivity contribution in [2.24, 2.45) is 0 Å². The molecule has 4 heteroatoms. The van der Waals surface area contributed by atoms with E-state index in [0.29, 0.717) is 6.42 Å². The van der Waals surface area contributed by atoms with Gasteiger partial charge in [-0.25, -0.2) is 4.98 Å². The van der Waals surface area contributed by atoms with Gasteiger partial charge in [-0.3, -0.25) is 4.79 Å². The van der Waals surface area contributed by atoms with Crippen LogP contribution in [0.25, 0.3) is 33.2 Å². The minimum absolute atomic E-state index is 0.0424. The van der Waals surface area contributed by atoms with Crippen molar-refractivity contribution in [2.75, 3.05) is 5.32 Å². The number of pyridine rings is 1. The fourth-order valence-electron chi connectivity index (χ4n) is 4.26. The van der Waals surface area contributed by atoms with Gasteiger partial charge in [-0.05, 0) is 61.2 Å². The number of aromatic amines is 1. The van der Waals surface area contributed by atoms with Crippen LogP contribution in [0.1, 0.15) is 24.0 Å². The maximum absolute atomic E-state index is 12.5. The second-order valence-corrected chi connectivity index (χ2v) is 8.18. The van der Waals surface area contributed by atoms with E-state index in [2.05, 4.69) is 46.7 Å². The van der Waals surface area contributed by atoms with Gasteiger partial charge in [-0.15, -0.1) is 0 Å². The first kappa shape index (κ1) is 20.0. The zero-order valence-electron chi connectivity index (χ0n) is 18.1. The molecule has 2 heterocycles. The molecule has 158 valence electrons. The van der Waals surface area contributed by atoms with Crippen LogP contribution in [-0.2, 0) is 11.2 Å². The van der Waals surface area contributed by atoms with E-state index in [1.807, 2.05) is 55.5 Å². The number of aryl methyl sites for hydroxylation is 2. The van der Waals surface area contributed by atoms with Gasteiger partial charge >= 0.3 is 0 Å². The summed E-state index contributed by atoms with van der Waals surface area (Å²) in [5.41, 5.74) is 7.24. The highest BCUT2D eigenvalue weighted by Gasteiger charge is 2.15. The van der Waals surface area contributed by atoms with E-state index in [0.717, 1.165) is 51.9 Å². The summed E-state index contributed by atoms with van der Waals surface area (Å²) >= 11 is 0. The second-order valence-electron chi connectivity index (χ2n) is 8.18. The summed E-state index contributed by atoms with van der Waals surface area (Å²) in [6.45, 7) is 2.02. The average molecular weight is 420 g/mol. The molecule has 3 aromatic carbocycles. The van der Waals surface area contributed by atoms with Gasteiger partial charge in [-0.2, -0.15) is 0 Å². The molecule has 0 saturated carbocycles. The van der Waals surface area contributed by atoms with Crippen molar-refractivity contribution in [3.63, 3.8) is 0 Å². The molecule has 0 bridgehead atoms. The van der Waals surface area contributed by atoms with Crippen LogP contribution < -0.4 is 5.32 Å². The third-order valence-electron chi connectivity index (χ3n) is 5.80. The molecule has 5 aromatic rings. The Kier molecular flexibility index (Phi) is 5.42. The molecule has 0 aliphatic heterocycles. The van der Waals surface area contributed by atoms with Gasteiger partial charge < -0.3 is 10.3 Å². The van der Waals surface area contributed by atoms with Crippen LogP contribution in [0.3, 0.4) is 0 Å². The smallest absolute Gasteiger partial charge is 0.224 e. The Balaban J connectivity index is 1.38. The Morgan fingerprint density at radius 3 is 2.69 bits per heavy atom. The van der Waals surface area contributed by atoms with Crippen molar-refractivity contribution in [2.45, 2.75) is 26.2 Å². The summed E-state index contributed by atoms with van der Waals surface area (Å²) in [4.78, 5) is 21.0. The normalized spacial score (nSPS) is 11.2. The number of nitrogens with one attached hydrogen (secondary N) is 2. The van der Waals surface area contributed by atoms with Crippen molar-refractivity contribution >= 4 is 33.4 Å². The number of H-pyrrole nitrogens is 1. The molecule has 2 aromatic heterocycles. The van der Waals surface area contributed by atoms with Gasteiger partial charge in [0, 0.05) is 28.4 Å². The molecule has 5 rings (SSSR count). The van der Waals surface area contributed by atoms with E-state index in [1.165, 1.54) is 10.9 Å². The summed E-state index contributed by atoms with van der Waals surface area (Å²) in [7, 11) is 0. The van der Waals surface area contributed by atoms with E-state index in [9.17, 15) is 4.79 Å². The molecule has 0 aliphatic carbocycles. The number of aromatic nitrogens is 2. The Labute approximate surface area is 187 Å². The third-order valence-corrected chi connectivity index (χ3v) is 5.80. The van der Waals surface area contributed by atoms with Crippen LogP contribution in [0.15, 0.2) is 84.9 Å². The lowest BCUT2D eigenvalue weighted by Gasteiger charge is -2.08. The number of hydrogen-bond donors (Lipinski definition) is 2. The quantitative estimate of drug-likeness (QED) is 0.324. The molecule has 0 spiro atoms. The maximum Gasteiger partial charge on any atom is 0.224 e. The number of carbonyl (C=O) groups is 1. The molecular weight excluding hydrogens is 394 g/mol. The molecule has 4 nitrogen and oxygen atoms in total. The number of nitrogens with zero attached hydrogens (tertiary/aromatic N) is 1. The maximum atomic E-state index is 12.5. The van der Waals surface area contributed by atoms with E-state index in [4.69, 9.17) is 4.98 Å². The number of benzene rings is 3. The summed E-state index contributed by atoms with van der Waals surface area (Å²) in [6, 6.07) is 28.6. The fraction of sp³-hybridized carbons (Fsp3) is 0.143. The van der Waals surface area contributed by atoms with Crippen molar-refractivity contribution in [3.05, 3.63) is 96.1 Å². The molecule has 0 radical (unpaired) electrons. The molecule has 32 heavy (non-hydrogen) atoms. The minimum atomic E-state index is 0.0424. The monoisotopic (exact) mass is 419 g/mol. The summed E-state index contributed by atoms with van der Waals surface area (Å²) in [5, 5.41) is 5.33. The average Bonchev–Trinajstić information content (AvgIpc) is 3.17. The number of para-hydroxylation sites is 2. The Morgan fingerprint density at radius 1 is 0.938 bits per heavy atom. The Morgan fingerprint density at radius 2 is 1.78 bits per heavy atom. The highest BCUT2D eigenvalue weighted by Crippen LogP contribution is 2.31. The highest BCUT2D eigenvalue weighted by molar-refractivity contribution is 5.92. The Hall–Kier alpha value is -3.92. The van der Waals surface area contributed by atoms with Crippen molar-refractivity contribution in [1.82, 2.24) is 9.97 Å². The van der Waals surface area contributed by atoms with Crippen molar-refractivity contribution in [1.29, 1.82) is 0 Å². The predicted octanol–water partition coefficient (Wildman–Crippen LogP) is 6.65. The van der Waals surface area contributed by atoms with E-state index >= 15 is 0 Å². The van der Waals surface area contributed by atoms with Crippen LogP contribution >= 0.6 is 0 Å². The lowest BCUT2D eigenvalue weighted by Crippen LogP contribution is -2.11. The van der Waals surface area contributed by atoms with Gasteiger partial charge in [0.1, 0.15) is 0 Å². The topological polar surface area (TPSA) is 57.8 Å². The van der Waals surface area contributed by atoms with Gasteiger partial charge in [0.15, 0.2) is 0 Å². The molecule has 1 amide bonds. The van der Waals surface area contributed by atoms with Crippen molar-refractivity contribution in [3.8, 4) is 11.4 Å². The second kappa shape index (κ2) is 8.67. The molecule has 0 saturated heterocycles. The van der Waals surface area contributed by atoms with Gasteiger partial charge in [-0.1, -0.05) is 54.6 Å². The van der Waals surface area contributed by atoms with E-state index < -0.39 is 0 Å². The van der Waals surface area contributed by atoms with E-state index in [1.54, 1.807) is 0 Å². The highest BCUT2D eigenvalue weighted by atomic mass is 16.1. The zero-order valence-corrected chi connectivity index (χ0v) is 18.1. The SMILES string of the molecule is Cc1cccc(NC(=O)CCCc2c(-c3ccc4ccccc4n3)[nH]c3ccccc23)c1. The number of rotatable bonds is 6. The molecule has 0 unspecified atom stereocenters. The summed E-state index contributed by atoms with van der Waals surface area (Å²) in [6.07, 6.45) is 2.03. The van der Waals surface area contributed by atoms with Crippen LogP contribution in [-0.4, -0.2) is 15.9 Å². The van der Waals surface area contributed by atoms with Crippen molar-refractivity contribution < 1.29 is 4.79 Å². The zero-order chi connectivity index (χ0) is 21.9. The number of carbonyl (C=O) groups excluding carboxylic acids is 1. The number of hydrogen-bond acceptors (Lipinski definition) is 2. The largest absolute Gasteiger partial charge is 0.353 e. The Bertz CT molecular complexity index is 1420. The minimum Gasteiger partial charge on any atom is -0.353 e. The molecule has 0 atom stereocenters. The van der Waals surface area contributed by atoms with Gasteiger partial charge in [0.25, 0.3) is 0 Å². The molecule has 2 N–H and O–H groups in total. The standard InChI is InChI=1S/C28H25N3O/c1-19-8-6-10-21(18-19)29-27(32)15-7-12-23-22-11-3-5-14-25(22)31-28(23)26-17-16-20-9-2-4-13-24(20)30-26/h2-6,8-11,13-14,16-18,31H,7,12,15H2,1H3,(H,29,32). The third kappa shape index (κ3) is 4.12. The molecule has 0 aliphatic rings. The number of anilines is 1. The van der Waals surface area contributed by atoms with Crippen LogP contribution in [0.2, 0.25) is 0 Å². The summed E-state index contributed by atoms with van der Waals surface area (Å²) in [5.74, 6) is 0.0424. The van der Waals surface area contributed by atoms with Gasteiger partial charge in [0.05, 0.1) is 16.9 Å². The van der Waals surface area contributed by atoms with Gasteiger partial charge in [0.2, 0.25) is 5.91 Å². The first-order valence-corrected chi connectivity index (χ1v) is 11.0. The van der Waals surface area contributed by atoms with Crippen LogP contribution in [0.4, 0.5) is 5.69 Å². The van der Waals surface area contributed by atoms with Crippen LogP contribution in [0, 0.1) is 6.92 Å². The van der Waals surface area contributed by atoms with E-state index in [-0.39, 0.29) is 5.91 Å². The lowest BCUT2D eigenvalue weighted by atomic mass is 10.0. The fourth-order valence-corrected chi connectivity index (χ4v) is 4.26. The predicted molar refractivity (Wildman–Crippen MR) is 132 cm³/mol. The van der Waals surface area contributed by atoms with Crippen LogP contribution in [0.5, 0.6) is 0 Å². The first-order valence-electron chi connectivity index (χ1n) is 11.0. The summed E-state index contributed by atoms with van der Waals surface area (Å²) < 4.78 is 0. The molecular formula is C28H25N3O. The first-order chi connectivity index (χ1) is 15.7. The number of fused-ring (bicyclic) bond motifs is 2. The lowest BCUT2D eigenvalue weighted by molar-refractivity contribution is -0.116. The molecule has 0 fully saturated rings.